The number of aromatic nitrogens is 2. The number of pyridine rings is 1. The van der Waals surface area contributed by atoms with Gasteiger partial charge < -0.3 is 4.98 Å². The van der Waals surface area contributed by atoms with Crippen LogP contribution in [0.25, 0.3) is 22.5 Å². The van der Waals surface area contributed by atoms with Crippen molar-refractivity contribution in [3.05, 3.63) is 53.5 Å². The van der Waals surface area contributed by atoms with Gasteiger partial charge in [-0.1, -0.05) is 0 Å². The standard InChI is InChI=1S/C13H10N2S/c1-2-13(11-5-8-16-9-11)15-12(1)10-3-6-14-7-4-10/h1-9,15H. The van der Waals surface area contributed by atoms with Crippen molar-refractivity contribution < 1.29 is 0 Å². The van der Waals surface area contributed by atoms with Gasteiger partial charge in [0.05, 0.1) is 0 Å². The lowest BCUT2D eigenvalue weighted by Gasteiger charge is -1.96. The summed E-state index contributed by atoms with van der Waals surface area (Å²) in [6.07, 6.45) is 3.61. The molecule has 0 unspecified atom stereocenters. The van der Waals surface area contributed by atoms with Crippen LogP contribution in [0.5, 0.6) is 0 Å². The highest BCUT2D eigenvalue weighted by molar-refractivity contribution is 7.08. The Morgan fingerprint density at radius 3 is 2.31 bits per heavy atom. The van der Waals surface area contributed by atoms with Gasteiger partial charge in [0, 0.05) is 40.3 Å². The second kappa shape index (κ2) is 3.94. The monoisotopic (exact) mass is 226 g/mol. The second-order valence-electron chi connectivity index (χ2n) is 3.53. The molecular weight excluding hydrogens is 216 g/mol. The molecule has 0 radical (unpaired) electrons. The largest absolute Gasteiger partial charge is 0.355 e. The minimum atomic E-state index is 1.13. The first-order valence-electron chi connectivity index (χ1n) is 5.05. The van der Waals surface area contributed by atoms with Crippen LogP contribution in [0.15, 0.2) is 53.5 Å². The van der Waals surface area contributed by atoms with Crippen LogP contribution in [0.4, 0.5) is 0 Å². The van der Waals surface area contributed by atoms with Gasteiger partial charge >= 0.3 is 0 Å². The Kier molecular flexibility index (Phi) is 2.31. The number of rotatable bonds is 2. The summed E-state index contributed by atoms with van der Waals surface area (Å²) in [6, 6.07) is 10.3. The molecule has 3 aromatic rings. The van der Waals surface area contributed by atoms with E-state index < -0.39 is 0 Å². The molecule has 16 heavy (non-hydrogen) atoms. The number of H-pyrrole nitrogens is 1. The third-order valence-electron chi connectivity index (χ3n) is 2.51. The molecule has 3 heterocycles. The van der Waals surface area contributed by atoms with Gasteiger partial charge in [-0.3, -0.25) is 4.98 Å². The maximum atomic E-state index is 4.02. The van der Waals surface area contributed by atoms with E-state index in [1.807, 2.05) is 12.1 Å². The predicted octanol–water partition coefficient (Wildman–Crippen LogP) is 3.81. The third kappa shape index (κ3) is 1.66. The second-order valence-corrected chi connectivity index (χ2v) is 4.31. The van der Waals surface area contributed by atoms with E-state index in [1.165, 1.54) is 5.56 Å². The van der Waals surface area contributed by atoms with Gasteiger partial charge in [-0.2, -0.15) is 11.3 Å². The molecule has 0 bridgehead atoms. The fourth-order valence-corrected chi connectivity index (χ4v) is 2.34. The van der Waals surface area contributed by atoms with Crippen LogP contribution in [-0.2, 0) is 0 Å². The molecule has 0 spiro atoms. The maximum Gasteiger partial charge on any atom is 0.0467 e. The molecular formula is C13H10N2S. The van der Waals surface area contributed by atoms with Crippen molar-refractivity contribution in [1.82, 2.24) is 9.97 Å². The zero-order valence-electron chi connectivity index (χ0n) is 8.55. The molecule has 3 heteroatoms. The van der Waals surface area contributed by atoms with E-state index in [0.29, 0.717) is 0 Å². The van der Waals surface area contributed by atoms with Crippen LogP contribution >= 0.6 is 11.3 Å². The van der Waals surface area contributed by atoms with Crippen LogP contribution in [-0.4, -0.2) is 9.97 Å². The number of nitrogens with zero attached hydrogens (tertiary/aromatic N) is 1. The molecule has 0 amide bonds. The van der Waals surface area contributed by atoms with Gasteiger partial charge in [0.15, 0.2) is 0 Å². The smallest absolute Gasteiger partial charge is 0.0467 e. The van der Waals surface area contributed by atoms with Gasteiger partial charge in [0.2, 0.25) is 0 Å². The van der Waals surface area contributed by atoms with Crippen molar-refractivity contribution in [3.63, 3.8) is 0 Å². The molecule has 0 fully saturated rings. The zero-order valence-corrected chi connectivity index (χ0v) is 9.37. The van der Waals surface area contributed by atoms with Crippen molar-refractivity contribution in [2.24, 2.45) is 0 Å². The van der Waals surface area contributed by atoms with E-state index in [1.54, 1.807) is 23.7 Å². The zero-order chi connectivity index (χ0) is 10.8. The van der Waals surface area contributed by atoms with Crippen molar-refractivity contribution in [2.45, 2.75) is 0 Å². The minimum Gasteiger partial charge on any atom is -0.355 e. The average Bonchev–Trinajstić information content (AvgIpc) is 3.01. The Morgan fingerprint density at radius 1 is 0.875 bits per heavy atom. The number of thiophene rings is 1. The molecule has 78 valence electrons. The molecule has 0 aliphatic carbocycles. The molecule has 3 aromatic heterocycles. The summed E-state index contributed by atoms with van der Waals surface area (Å²) in [5, 5.41) is 4.23. The van der Waals surface area contributed by atoms with Gasteiger partial charge in [-0.05, 0) is 35.7 Å². The Balaban J connectivity index is 2.00. The van der Waals surface area contributed by atoms with Crippen LogP contribution < -0.4 is 0 Å². The number of hydrogen-bond donors (Lipinski definition) is 1. The lowest BCUT2D eigenvalue weighted by Crippen LogP contribution is -1.78. The first-order chi connectivity index (χ1) is 7.93. The first kappa shape index (κ1) is 9.36. The van der Waals surface area contributed by atoms with Crippen molar-refractivity contribution >= 4 is 11.3 Å². The maximum absolute atomic E-state index is 4.02. The molecule has 0 saturated carbocycles. The highest BCUT2D eigenvalue weighted by atomic mass is 32.1. The lowest BCUT2D eigenvalue weighted by molar-refractivity contribution is 1.31. The van der Waals surface area contributed by atoms with E-state index >= 15 is 0 Å². The van der Waals surface area contributed by atoms with Gasteiger partial charge in [0.1, 0.15) is 0 Å². The third-order valence-corrected chi connectivity index (χ3v) is 3.19. The fraction of sp³-hybridized carbons (Fsp3) is 0. The van der Waals surface area contributed by atoms with Crippen LogP contribution in [0.2, 0.25) is 0 Å². The van der Waals surface area contributed by atoms with Gasteiger partial charge in [-0.15, -0.1) is 0 Å². The Labute approximate surface area is 97.6 Å². The van der Waals surface area contributed by atoms with Crippen molar-refractivity contribution in [3.8, 4) is 22.5 Å². The topological polar surface area (TPSA) is 28.7 Å². The number of hydrogen-bond acceptors (Lipinski definition) is 2. The number of aromatic amines is 1. The van der Waals surface area contributed by atoms with E-state index in [2.05, 4.69) is 38.9 Å². The molecule has 0 aliphatic heterocycles. The number of nitrogens with one attached hydrogen (secondary N) is 1. The summed E-state index contributed by atoms with van der Waals surface area (Å²) in [6.45, 7) is 0. The Bertz CT molecular complexity index is 567. The highest BCUT2D eigenvalue weighted by Crippen LogP contribution is 2.25. The van der Waals surface area contributed by atoms with Crippen LogP contribution in [0.1, 0.15) is 0 Å². The molecule has 3 rings (SSSR count). The SMILES string of the molecule is c1cc(-c2ccc(-c3ccsc3)[nH]2)ccn1. The molecule has 0 atom stereocenters. The fourth-order valence-electron chi connectivity index (χ4n) is 1.68. The molecule has 0 aromatic carbocycles. The summed E-state index contributed by atoms with van der Waals surface area (Å²) in [5.41, 5.74) is 4.69. The summed E-state index contributed by atoms with van der Waals surface area (Å²) >= 11 is 1.71. The van der Waals surface area contributed by atoms with Crippen molar-refractivity contribution in [1.29, 1.82) is 0 Å². The van der Waals surface area contributed by atoms with E-state index in [9.17, 15) is 0 Å². The van der Waals surface area contributed by atoms with E-state index in [-0.39, 0.29) is 0 Å². The first-order valence-corrected chi connectivity index (χ1v) is 6.00. The van der Waals surface area contributed by atoms with E-state index in [4.69, 9.17) is 0 Å². The van der Waals surface area contributed by atoms with Gasteiger partial charge in [-0.25, -0.2) is 0 Å². The summed E-state index contributed by atoms with van der Waals surface area (Å²) < 4.78 is 0. The van der Waals surface area contributed by atoms with Crippen molar-refractivity contribution in [2.75, 3.05) is 0 Å². The average molecular weight is 226 g/mol. The van der Waals surface area contributed by atoms with Crippen LogP contribution in [0.3, 0.4) is 0 Å². The molecule has 0 saturated heterocycles. The van der Waals surface area contributed by atoms with E-state index in [0.717, 1.165) is 17.0 Å². The molecule has 1 N–H and O–H groups in total. The molecule has 0 aliphatic rings. The van der Waals surface area contributed by atoms with Gasteiger partial charge in [0.25, 0.3) is 0 Å². The lowest BCUT2D eigenvalue weighted by atomic mass is 10.2. The summed E-state index contributed by atoms with van der Waals surface area (Å²) in [7, 11) is 0. The molecule has 2 nitrogen and oxygen atoms in total. The summed E-state index contributed by atoms with van der Waals surface area (Å²) in [5.74, 6) is 0. The summed E-state index contributed by atoms with van der Waals surface area (Å²) in [4.78, 5) is 7.43. The highest BCUT2D eigenvalue weighted by Gasteiger charge is 2.03. The van der Waals surface area contributed by atoms with Crippen LogP contribution in [0, 0.1) is 0 Å². The quantitative estimate of drug-likeness (QED) is 0.707. The normalized spacial score (nSPS) is 10.5. The predicted molar refractivity (Wildman–Crippen MR) is 67.3 cm³/mol. The Morgan fingerprint density at radius 2 is 1.62 bits per heavy atom. The minimum absolute atomic E-state index is 1.13. The Hall–Kier alpha value is -1.87.